The fourth-order valence-electron chi connectivity index (χ4n) is 1.10. The van der Waals surface area contributed by atoms with E-state index in [2.05, 4.69) is 25.8 Å². The summed E-state index contributed by atoms with van der Waals surface area (Å²) < 4.78 is 17.7. The molecule has 0 amide bonds. The van der Waals surface area contributed by atoms with Gasteiger partial charge in [-0.2, -0.15) is 0 Å². The van der Waals surface area contributed by atoms with E-state index in [0.717, 1.165) is 13.1 Å². The summed E-state index contributed by atoms with van der Waals surface area (Å²) in [5, 5.41) is 0. The average molecular weight is 191 g/mol. The molecule has 0 rings (SSSR count). The zero-order valence-corrected chi connectivity index (χ0v) is 9.22. The minimum absolute atomic E-state index is 0.398. The normalized spacial score (nSPS) is 16.2. The highest BCUT2D eigenvalue weighted by Crippen LogP contribution is 2.04. The van der Waals surface area contributed by atoms with Crippen LogP contribution in [0.4, 0.5) is 4.39 Å². The molecule has 0 aliphatic rings. The number of rotatable bonds is 7. The van der Waals surface area contributed by atoms with Gasteiger partial charge in [0.2, 0.25) is 0 Å². The molecule has 0 saturated carbocycles. The van der Waals surface area contributed by atoms with Crippen molar-refractivity contribution in [3.8, 4) is 0 Å². The SMILES string of the molecule is CCC(F)OCC(C)CN(C)CC. The summed E-state index contributed by atoms with van der Waals surface area (Å²) in [5.74, 6) is 0.398. The summed E-state index contributed by atoms with van der Waals surface area (Å²) >= 11 is 0. The first-order valence-electron chi connectivity index (χ1n) is 5.04. The third-order valence-electron chi connectivity index (χ3n) is 2.05. The second kappa shape index (κ2) is 7.27. The van der Waals surface area contributed by atoms with Crippen LogP contribution in [0.1, 0.15) is 27.2 Å². The van der Waals surface area contributed by atoms with E-state index in [9.17, 15) is 4.39 Å². The fraction of sp³-hybridized carbons (Fsp3) is 1.00. The molecule has 0 spiro atoms. The lowest BCUT2D eigenvalue weighted by molar-refractivity contribution is -0.0552. The highest BCUT2D eigenvalue weighted by Gasteiger charge is 2.08. The van der Waals surface area contributed by atoms with Crippen LogP contribution in [0.15, 0.2) is 0 Å². The molecule has 0 heterocycles. The maximum atomic E-state index is 12.7. The van der Waals surface area contributed by atoms with Crippen molar-refractivity contribution in [2.75, 3.05) is 26.7 Å². The number of hydrogen-bond donors (Lipinski definition) is 0. The minimum Gasteiger partial charge on any atom is -0.348 e. The van der Waals surface area contributed by atoms with Crippen molar-refractivity contribution in [1.29, 1.82) is 0 Å². The third-order valence-corrected chi connectivity index (χ3v) is 2.05. The molecule has 0 aromatic heterocycles. The van der Waals surface area contributed by atoms with Gasteiger partial charge in [-0.3, -0.25) is 0 Å². The van der Waals surface area contributed by atoms with Gasteiger partial charge in [0.1, 0.15) is 0 Å². The molecule has 13 heavy (non-hydrogen) atoms. The van der Waals surface area contributed by atoms with Gasteiger partial charge >= 0.3 is 0 Å². The largest absolute Gasteiger partial charge is 0.348 e. The second-order valence-corrected chi connectivity index (χ2v) is 3.61. The monoisotopic (exact) mass is 191 g/mol. The van der Waals surface area contributed by atoms with Gasteiger partial charge in [-0.25, -0.2) is 4.39 Å². The van der Waals surface area contributed by atoms with E-state index in [0.29, 0.717) is 18.9 Å². The van der Waals surface area contributed by atoms with Gasteiger partial charge in [-0.1, -0.05) is 20.8 Å². The van der Waals surface area contributed by atoms with Crippen LogP contribution < -0.4 is 0 Å². The topological polar surface area (TPSA) is 12.5 Å². The van der Waals surface area contributed by atoms with Gasteiger partial charge in [0.15, 0.2) is 6.36 Å². The van der Waals surface area contributed by atoms with Crippen LogP contribution in [0.25, 0.3) is 0 Å². The van der Waals surface area contributed by atoms with E-state index >= 15 is 0 Å². The minimum atomic E-state index is -1.09. The first kappa shape index (κ1) is 12.8. The number of hydrogen-bond acceptors (Lipinski definition) is 2. The molecule has 0 bridgehead atoms. The summed E-state index contributed by atoms with van der Waals surface area (Å²) in [7, 11) is 2.06. The second-order valence-electron chi connectivity index (χ2n) is 3.61. The maximum absolute atomic E-state index is 12.7. The molecule has 2 atom stereocenters. The fourth-order valence-corrected chi connectivity index (χ4v) is 1.10. The van der Waals surface area contributed by atoms with Crippen molar-refractivity contribution in [3.63, 3.8) is 0 Å². The summed E-state index contributed by atoms with van der Waals surface area (Å²) in [5.41, 5.74) is 0. The Hall–Kier alpha value is -0.150. The molecule has 0 N–H and O–H groups in total. The maximum Gasteiger partial charge on any atom is 0.198 e. The van der Waals surface area contributed by atoms with Crippen molar-refractivity contribution >= 4 is 0 Å². The summed E-state index contributed by atoms with van der Waals surface area (Å²) in [4.78, 5) is 2.20. The number of alkyl halides is 1. The Morgan fingerprint density at radius 2 is 2.00 bits per heavy atom. The molecular formula is C10H22FNO. The lowest BCUT2D eigenvalue weighted by atomic mass is 10.2. The molecule has 3 heteroatoms. The van der Waals surface area contributed by atoms with Gasteiger partial charge in [0.05, 0.1) is 6.61 Å². The van der Waals surface area contributed by atoms with Crippen molar-refractivity contribution in [2.24, 2.45) is 5.92 Å². The zero-order valence-electron chi connectivity index (χ0n) is 9.22. The Labute approximate surface area is 81.1 Å². The molecule has 0 aliphatic carbocycles. The van der Waals surface area contributed by atoms with E-state index in [4.69, 9.17) is 4.74 Å². The van der Waals surface area contributed by atoms with E-state index in [1.54, 1.807) is 6.92 Å². The van der Waals surface area contributed by atoms with Gasteiger partial charge in [0, 0.05) is 13.0 Å². The Morgan fingerprint density at radius 1 is 1.38 bits per heavy atom. The van der Waals surface area contributed by atoms with Crippen LogP contribution in [0.2, 0.25) is 0 Å². The van der Waals surface area contributed by atoms with E-state index in [-0.39, 0.29) is 0 Å². The lowest BCUT2D eigenvalue weighted by Crippen LogP contribution is -2.27. The summed E-state index contributed by atoms with van der Waals surface area (Å²) in [6.07, 6.45) is -0.648. The van der Waals surface area contributed by atoms with Crippen molar-refractivity contribution in [2.45, 2.75) is 33.5 Å². The predicted molar refractivity (Wildman–Crippen MR) is 53.5 cm³/mol. The van der Waals surface area contributed by atoms with Crippen LogP contribution in [0.3, 0.4) is 0 Å². The van der Waals surface area contributed by atoms with Crippen molar-refractivity contribution in [1.82, 2.24) is 4.90 Å². The highest BCUT2D eigenvalue weighted by molar-refractivity contribution is 4.56. The standard InChI is InChI=1S/C10H22FNO/c1-5-10(11)13-8-9(3)7-12(4)6-2/h9-10H,5-8H2,1-4H3. The van der Waals surface area contributed by atoms with E-state index in [1.165, 1.54) is 0 Å². The molecule has 0 saturated heterocycles. The quantitative estimate of drug-likeness (QED) is 0.612. The summed E-state index contributed by atoms with van der Waals surface area (Å²) in [6.45, 7) is 8.48. The molecule has 0 fully saturated rings. The molecular weight excluding hydrogens is 169 g/mol. The molecule has 2 nitrogen and oxygen atoms in total. The zero-order chi connectivity index (χ0) is 10.3. The van der Waals surface area contributed by atoms with Gasteiger partial charge in [-0.15, -0.1) is 0 Å². The highest BCUT2D eigenvalue weighted by atomic mass is 19.1. The first-order valence-corrected chi connectivity index (χ1v) is 5.04. The Kier molecular flexibility index (Phi) is 7.19. The number of halogens is 1. The van der Waals surface area contributed by atoms with Gasteiger partial charge < -0.3 is 9.64 Å². The Balaban J connectivity index is 3.45. The molecule has 2 unspecified atom stereocenters. The van der Waals surface area contributed by atoms with Crippen LogP contribution in [-0.4, -0.2) is 38.0 Å². The van der Waals surface area contributed by atoms with Gasteiger partial charge in [-0.05, 0) is 19.5 Å². The molecule has 0 aromatic carbocycles. The summed E-state index contributed by atoms with van der Waals surface area (Å²) in [6, 6.07) is 0. The lowest BCUT2D eigenvalue weighted by Gasteiger charge is -2.20. The molecule has 80 valence electrons. The Morgan fingerprint density at radius 3 is 2.46 bits per heavy atom. The van der Waals surface area contributed by atoms with Crippen LogP contribution >= 0.6 is 0 Å². The van der Waals surface area contributed by atoms with Crippen molar-refractivity contribution in [3.05, 3.63) is 0 Å². The predicted octanol–water partition coefficient (Wildman–Crippen LogP) is 2.30. The van der Waals surface area contributed by atoms with Crippen LogP contribution in [0.5, 0.6) is 0 Å². The third kappa shape index (κ3) is 6.96. The van der Waals surface area contributed by atoms with Crippen LogP contribution in [-0.2, 0) is 4.74 Å². The molecule has 0 radical (unpaired) electrons. The smallest absolute Gasteiger partial charge is 0.198 e. The van der Waals surface area contributed by atoms with Gasteiger partial charge in [0.25, 0.3) is 0 Å². The number of nitrogens with zero attached hydrogens (tertiary/aromatic N) is 1. The van der Waals surface area contributed by atoms with Crippen molar-refractivity contribution < 1.29 is 9.13 Å². The average Bonchev–Trinajstić information content (AvgIpc) is 2.13. The number of ether oxygens (including phenoxy) is 1. The first-order chi connectivity index (χ1) is 6.10. The van der Waals surface area contributed by atoms with E-state index < -0.39 is 6.36 Å². The molecule has 0 aliphatic heterocycles. The van der Waals surface area contributed by atoms with Crippen LogP contribution in [0, 0.1) is 5.92 Å². The molecule has 0 aromatic rings. The Bertz CT molecular complexity index is 121. The van der Waals surface area contributed by atoms with E-state index in [1.807, 2.05) is 0 Å².